The van der Waals surface area contributed by atoms with Gasteiger partial charge < -0.3 is 4.90 Å². The van der Waals surface area contributed by atoms with E-state index >= 15 is 0 Å². The molecule has 0 atom stereocenters. The molecule has 0 bridgehead atoms. The van der Waals surface area contributed by atoms with E-state index in [-0.39, 0.29) is 11.7 Å². The first-order valence-corrected chi connectivity index (χ1v) is 6.38. The van der Waals surface area contributed by atoms with Crippen molar-refractivity contribution in [3.8, 4) is 0 Å². The van der Waals surface area contributed by atoms with E-state index in [4.69, 9.17) is 11.6 Å². The first-order chi connectivity index (χ1) is 9.00. The Kier molecular flexibility index (Phi) is 4.00. The summed E-state index contributed by atoms with van der Waals surface area (Å²) in [7, 11) is 1.87. The van der Waals surface area contributed by atoms with Crippen LogP contribution in [0.5, 0.6) is 0 Å². The van der Waals surface area contributed by atoms with Gasteiger partial charge in [-0.1, -0.05) is 25.4 Å². The smallest absolute Gasteiger partial charge is 0.141 e. The highest BCUT2D eigenvalue weighted by atomic mass is 35.5. The summed E-state index contributed by atoms with van der Waals surface area (Å²) < 4.78 is 13.0. The van der Waals surface area contributed by atoms with Crippen LogP contribution in [0.4, 0.5) is 15.9 Å². The SMILES string of the molecule is CC(C)c1c(Cl)ncnc1N(C)c1ccc(F)cc1. The molecule has 0 aliphatic heterocycles. The summed E-state index contributed by atoms with van der Waals surface area (Å²) >= 11 is 6.14. The van der Waals surface area contributed by atoms with E-state index < -0.39 is 0 Å². The van der Waals surface area contributed by atoms with Gasteiger partial charge in [-0.2, -0.15) is 0 Å². The molecular formula is C14H15ClFN3. The van der Waals surface area contributed by atoms with Crippen molar-refractivity contribution in [2.45, 2.75) is 19.8 Å². The van der Waals surface area contributed by atoms with Gasteiger partial charge in [0.2, 0.25) is 0 Å². The highest BCUT2D eigenvalue weighted by Gasteiger charge is 2.17. The molecule has 0 saturated heterocycles. The molecule has 0 radical (unpaired) electrons. The Morgan fingerprint density at radius 3 is 2.37 bits per heavy atom. The number of hydrogen-bond acceptors (Lipinski definition) is 3. The van der Waals surface area contributed by atoms with Gasteiger partial charge in [0, 0.05) is 18.3 Å². The fraction of sp³-hybridized carbons (Fsp3) is 0.286. The number of hydrogen-bond donors (Lipinski definition) is 0. The molecule has 0 N–H and O–H groups in total. The van der Waals surface area contributed by atoms with Gasteiger partial charge in [0.15, 0.2) is 0 Å². The molecule has 1 aromatic carbocycles. The Morgan fingerprint density at radius 1 is 1.16 bits per heavy atom. The second-order valence-corrected chi connectivity index (χ2v) is 4.95. The predicted molar refractivity (Wildman–Crippen MR) is 75.6 cm³/mol. The summed E-state index contributed by atoms with van der Waals surface area (Å²) in [6.07, 6.45) is 1.43. The molecule has 0 saturated carbocycles. The van der Waals surface area contributed by atoms with Gasteiger partial charge in [-0.25, -0.2) is 14.4 Å². The Hall–Kier alpha value is -1.68. The fourth-order valence-corrected chi connectivity index (χ4v) is 2.26. The Balaban J connectivity index is 2.46. The third kappa shape index (κ3) is 2.84. The molecule has 19 heavy (non-hydrogen) atoms. The normalized spacial score (nSPS) is 10.8. The third-order valence-corrected chi connectivity index (χ3v) is 3.22. The monoisotopic (exact) mass is 279 g/mol. The van der Waals surface area contributed by atoms with Crippen LogP contribution in [0.1, 0.15) is 25.3 Å². The largest absolute Gasteiger partial charge is 0.329 e. The average molecular weight is 280 g/mol. The summed E-state index contributed by atoms with van der Waals surface area (Å²) in [5.41, 5.74) is 1.73. The predicted octanol–water partition coefficient (Wildman–Crippen LogP) is 4.16. The fourth-order valence-electron chi connectivity index (χ4n) is 1.92. The lowest BCUT2D eigenvalue weighted by molar-refractivity contribution is 0.628. The molecule has 2 aromatic rings. The third-order valence-electron chi connectivity index (χ3n) is 2.92. The molecule has 0 aliphatic carbocycles. The van der Waals surface area contributed by atoms with Crippen molar-refractivity contribution in [3.63, 3.8) is 0 Å². The number of benzene rings is 1. The topological polar surface area (TPSA) is 29.0 Å². The average Bonchev–Trinajstić information content (AvgIpc) is 2.38. The van der Waals surface area contributed by atoms with Gasteiger partial charge in [-0.05, 0) is 30.2 Å². The van der Waals surface area contributed by atoms with E-state index in [0.29, 0.717) is 5.15 Å². The minimum atomic E-state index is -0.262. The van der Waals surface area contributed by atoms with Gasteiger partial charge in [-0.15, -0.1) is 0 Å². The second-order valence-electron chi connectivity index (χ2n) is 4.59. The standard InChI is InChI=1S/C14H15ClFN3/c1-9(2)12-13(15)17-8-18-14(12)19(3)11-6-4-10(16)5-7-11/h4-9H,1-3H3. The van der Waals surface area contributed by atoms with Gasteiger partial charge in [0.25, 0.3) is 0 Å². The van der Waals surface area contributed by atoms with Crippen molar-refractivity contribution in [3.05, 3.63) is 47.1 Å². The molecule has 100 valence electrons. The lowest BCUT2D eigenvalue weighted by atomic mass is 10.1. The van der Waals surface area contributed by atoms with Gasteiger partial charge in [0.05, 0.1) is 0 Å². The van der Waals surface area contributed by atoms with Crippen LogP contribution in [0.3, 0.4) is 0 Å². The summed E-state index contributed by atoms with van der Waals surface area (Å²) in [4.78, 5) is 10.2. The van der Waals surface area contributed by atoms with Crippen molar-refractivity contribution in [1.29, 1.82) is 0 Å². The van der Waals surface area contributed by atoms with Crippen LogP contribution in [0, 0.1) is 5.82 Å². The Bertz CT molecular complexity index is 569. The van der Waals surface area contributed by atoms with Crippen molar-refractivity contribution >= 4 is 23.1 Å². The number of halogens is 2. The van der Waals surface area contributed by atoms with Crippen molar-refractivity contribution in [1.82, 2.24) is 9.97 Å². The van der Waals surface area contributed by atoms with E-state index in [2.05, 4.69) is 9.97 Å². The van der Waals surface area contributed by atoms with Crippen LogP contribution >= 0.6 is 11.6 Å². The Morgan fingerprint density at radius 2 is 1.79 bits per heavy atom. The molecule has 3 nitrogen and oxygen atoms in total. The molecule has 5 heteroatoms. The van der Waals surface area contributed by atoms with E-state index in [1.54, 1.807) is 12.1 Å². The molecule has 1 aromatic heterocycles. The van der Waals surface area contributed by atoms with Crippen LogP contribution in [0.25, 0.3) is 0 Å². The molecule has 0 amide bonds. The minimum absolute atomic E-state index is 0.201. The summed E-state index contributed by atoms with van der Waals surface area (Å²) in [6, 6.07) is 6.25. The highest BCUT2D eigenvalue weighted by Crippen LogP contribution is 2.33. The summed E-state index contributed by atoms with van der Waals surface area (Å²) in [6.45, 7) is 4.07. The van der Waals surface area contributed by atoms with Gasteiger partial charge in [-0.3, -0.25) is 0 Å². The molecule has 2 rings (SSSR count). The van der Waals surface area contributed by atoms with Crippen molar-refractivity contribution in [2.75, 3.05) is 11.9 Å². The zero-order valence-electron chi connectivity index (χ0n) is 11.1. The van der Waals surface area contributed by atoms with Crippen molar-refractivity contribution < 1.29 is 4.39 Å². The zero-order chi connectivity index (χ0) is 14.0. The van der Waals surface area contributed by atoms with Crippen LogP contribution in [-0.4, -0.2) is 17.0 Å². The van der Waals surface area contributed by atoms with Gasteiger partial charge >= 0.3 is 0 Å². The van der Waals surface area contributed by atoms with E-state index in [0.717, 1.165) is 17.1 Å². The second kappa shape index (κ2) is 5.53. The quantitative estimate of drug-likeness (QED) is 0.790. The van der Waals surface area contributed by atoms with E-state index in [1.807, 2.05) is 25.8 Å². The summed E-state index contributed by atoms with van der Waals surface area (Å²) in [5, 5.41) is 0.453. The Labute approximate surface area is 117 Å². The lowest BCUT2D eigenvalue weighted by Gasteiger charge is -2.23. The van der Waals surface area contributed by atoms with Crippen LogP contribution in [-0.2, 0) is 0 Å². The van der Waals surface area contributed by atoms with E-state index in [1.165, 1.54) is 18.5 Å². The molecule has 0 fully saturated rings. The van der Waals surface area contributed by atoms with Crippen molar-refractivity contribution in [2.24, 2.45) is 0 Å². The van der Waals surface area contributed by atoms with E-state index in [9.17, 15) is 4.39 Å². The van der Waals surface area contributed by atoms with Crippen LogP contribution in [0.2, 0.25) is 5.15 Å². The maximum absolute atomic E-state index is 13.0. The maximum atomic E-state index is 13.0. The number of aromatic nitrogens is 2. The first-order valence-electron chi connectivity index (χ1n) is 6.00. The van der Waals surface area contributed by atoms with Gasteiger partial charge in [0.1, 0.15) is 23.1 Å². The lowest BCUT2D eigenvalue weighted by Crippen LogP contribution is -2.15. The summed E-state index contributed by atoms with van der Waals surface area (Å²) in [5.74, 6) is 0.676. The van der Waals surface area contributed by atoms with Crippen LogP contribution in [0.15, 0.2) is 30.6 Å². The molecular weight excluding hydrogens is 265 g/mol. The molecule has 0 aliphatic rings. The number of rotatable bonds is 3. The highest BCUT2D eigenvalue weighted by molar-refractivity contribution is 6.30. The maximum Gasteiger partial charge on any atom is 0.141 e. The first kappa shape index (κ1) is 13.7. The van der Waals surface area contributed by atoms with Crippen LogP contribution < -0.4 is 4.90 Å². The molecule has 0 unspecified atom stereocenters. The minimum Gasteiger partial charge on any atom is -0.329 e. The number of anilines is 2. The molecule has 1 heterocycles. The number of nitrogens with zero attached hydrogens (tertiary/aromatic N) is 3. The molecule has 0 spiro atoms. The zero-order valence-corrected chi connectivity index (χ0v) is 11.8.